The summed E-state index contributed by atoms with van der Waals surface area (Å²) in [6, 6.07) is 49.8. The van der Waals surface area contributed by atoms with Gasteiger partial charge in [0.15, 0.2) is 0 Å². The zero-order valence-electron chi connectivity index (χ0n) is 44.1. The molecule has 2 heterocycles. The van der Waals surface area contributed by atoms with Crippen molar-refractivity contribution in [1.82, 2.24) is 9.55 Å². The van der Waals surface area contributed by atoms with Crippen LogP contribution in [0.1, 0.15) is 182 Å². The van der Waals surface area contributed by atoms with Crippen LogP contribution < -0.4 is 0 Å². The van der Waals surface area contributed by atoms with Gasteiger partial charge in [-0.2, -0.15) is 0 Å². The summed E-state index contributed by atoms with van der Waals surface area (Å²) in [6.45, 7) is 30.4. The average Bonchev–Trinajstić information content (AvgIpc) is 4.08. The predicted molar refractivity (Wildman–Crippen MR) is 297 cm³/mol. The number of hydrogen-bond acceptors (Lipinski definition) is 2. The van der Waals surface area contributed by atoms with Crippen LogP contribution in [0.25, 0.3) is 28.2 Å². The molecule has 0 fully saturated rings. The second kappa shape index (κ2) is 25.9. The summed E-state index contributed by atoms with van der Waals surface area (Å²) in [5, 5.41) is 0. The van der Waals surface area contributed by atoms with Gasteiger partial charge in [-0.3, -0.25) is 9.56 Å². The summed E-state index contributed by atoms with van der Waals surface area (Å²) in [5.41, 5.74) is 19.8. The molecule has 1 unspecified atom stereocenters. The van der Waals surface area contributed by atoms with E-state index in [9.17, 15) is 0 Å². The van der Waals surface area contributed by atoms with Gasteiger partial charge >= 0.3 is 0 Å². The second-order valence-corrected chi connectivity index (χ2v) is 18.5. The Labute approximate surface area is 412 Å². The van der Waals surface area contributed by atoms with Crippen molar-refractivity contribution in [3.63, 3.8) is 0 Å². The average molecular weight is 904 g/mol. The van der Waals surface area contributed by atoms with Crippen molar-refractivity contribution in [2.75, 3.05) is 0 Å². The quantitative estimate of drug-likeness (QED) is 0.101. The van der Waals surface area contributed by atoms with E-state index in [-0.39, 0.29) is 5.92 Å². The first-order chi connectivity index (χ1) is 33.0. The van der Waals surface area contributed by atoms with Gasteiger partial charge < -0.3 is 0 Å². The molecule has 1 aliphatic heterocycles. The van der Waals surface area contributed by atoms with Crippen LogP contribution >= 0.6 is 0 Å². The van der Waals surface area contributed by atoms with E-state index in [1.165, 1.54) is 72.4 Å². The van der Waals surface area contributed by atoms with E-state index in [1.807, 2.05) is 53.9 Å². The highest BCUT2D eigenvalue weighted by atomic mass is 15.1. The standard InChI is InChI=1S/C59H63N3.3C2H6/c1-39(2)51-18-13-19-52(40(3)4)56(51)53-32-33-60-57(53)48-28-24-43(25-29-48)20-22-45-14-12-15-46(36-45)23-21-44-26-30-49(31-27-44)59-61-34-35-62(59)58-54(41(5)6)37-50(38-55(58)42(7)8)47-16-10-9-11-17-47;3*1-2/h9-19,24-42,53H,20-23H2,1-8H3;3*1-2H3. The number of imidazole rings is 1. The fourth-order valence-electron chi connectivity index (χ4n) is 9.35. The predicted octanol–water partition coefficient (Wildman–Crippen LogP) is 18.4. The summed E-state index contributed by atoms with van der Waals surface area (Å²) < 4.78 is 2.32. The van der Waals surface area contributed by atoms with Crippen molar-refractivity contribution < 1.29 is 0 Å². The van der Waals surface area contributed by atoms with Crippen molar-refractivity contribution >= 4 is 5.71 Å². The van der Waals surface area contributed by atoms with E-state index in [1.54, 1.807) is 0 Å². The molecule has 8 rings (SSSR count). The van der Waals surface area contributed by atoms with Gasteiger partial charge in [0.2, 0.25) is 0 Å². The summed E-state index contributed by atoms with van der Waals surface area (Å²) in [5.74, 6) is 2.80. The van der Waals surface area contributed by atoms with Crippen molar-refractivity contribution in [3.8, 4) is 28.2 Å². The van der Waals surface area contributed by atoms with Crippen LogP contribution in [0, 0.1) is 0 Å². The van der Waals surface area contributed by atoms with Crippen LogP contribution in [0.5, 0.6) is 0 Å². The molecular weight excluding hydrogens is 823 g/mol. The number of hydrogen-bond donors (Lipinski definition) is 0. The SMILES string of the molecule is CC.CC.CC.CC(C)c1cccc(C(C)C)c1C1C=CN=C1c1ccc(CCc2cccc(CCc3ccc(-c4nccn4-c4c(C(C)C)cc(-c5ccccc5)cc4C(C)C)cc3)c2)cc1. The third-order valence-corrected chi connectivity index (χ3v) is 12.8. The highest BCUT2D eigenvalue weighted by molar-refractivity contribution is 6.08. The lowest BCUT2D eigenvalue weighted by atomic mass is 9.79. The van der Waals surface area contributed by atoms with Crippen LogP contribution in [-0.4, -0.2) is 15.3 Å². The van der Waals surface area contributed by atoms with E-state index >= 15 is 0 Å². The molecule has 3 nitrogen and oxygen atoms in total. The molecule has 6 aromatic carbocycles. The van der Waals surface area contributed by atoms with Crippen molar-refractivity contribution in [2.24, 2.45) is 4.99 Å². The minimum atomic E-state index is 0.187. The van der Waals surface area contributed by atoms with E-state index < -0.39 is 0 Å². The molecule has 0 radical (unpaired) electrons. The molecule has 0 N–H and O–H groups in total. The number of aryl methyl sites for hydroxylation is 4. The Morgan fingerprint density at radius 3 is 1.41 bits per heavy atom. The van der Waals surface area contributed by atoms with Gasteiger partial charge in [-0.05, 0) is 128 Å². The molecule has 3 heteroatoms. The molecule has 0 bridgehead atoms. The van der Waals surface area contributed by atoms with E-state index in [0.717, 1.165) is 42.8 Å². The number of aromatic nitrogens is 2. The largest absolute Gasteiger partial charge is 0.299 e. The molecule has 0 saturated carbocycles. The van der Waals surface area contributed by atoms with Crippen molar-refractivity contribution in [1.29, 1.82) is 0 Å². The molecule has 0 aliphatic carbocycles. The van der Waals surface area contributed by atoms with E-state index in [2.05, 4.69) is 206 Å². The summed E-state index contributed by atoms with van der Waals surface area (Å²) in [6.07, 6.45) is 12.4. The highest BCUT2D eigenvalue weighted by Gasteiger charge is 2.27. The zero-order valence-corrected chi connectivity index (χ0v) is 44.1. The molecule has 356 valence electrons. The van der Waals surface area contributed by atoms with Gasteiger partial charge in [-0.25, -0.2) is 4.98 Å². The Balaban J connectivity index is 0.00000139. The topological polar surface area (TPSA) is 30.2 Å². The molecule has 0 spiro atoms. The van der Waals surface area contributed by atoms with Gasteiger partial charge in [0.1, 0.15) is 5.82 Å². The van der Waals surface area contributed by atoms with Crippen LogP contribution in [0.4, 0.5) is 0 Å². The summed E-state index contributed by atoms with van der Waals surface area (Å²) in [4.78, 5) is 9.85. The third kappa shape index (κ3) is 12.7. The van der Waals surface area contributed by atoms with Crippen molar-refractivity contribution in [3.05, 3.63) is 214 Å². The normalized spacial score (nSPS) is 12.9. The maximum absolute atomic E-state index is 4.93. The smallest absolute Gasteiger partial charge is 0.144 e. The minimum absolute atomic E-state index is 0.187. The number of nitrogens with zero attached hydrogens (tertiary/aromatic N) is 3. The zero-order chi connectivity index (χ0) is 49.3. The first-order valence-corrected chi connectivity index (χ1v) is 26.0. The summed E-state index contributed by atoms with van der Waals surface area (Å²) >= 11 is 0. The fraction of sp³-hybridized carbons (Fsp3) is 0.354. The van der Waals surface area contributed by atoms with Crippen molar-refractivity contribution in [2.45, 2.75) is 152 Å². The summed E-state index contributed by atoms with van der Waals surface area (Å²) in [7, 11) is 0. The van der Waals surface area contributed by atoms with Crippen LogP contribution in [0.2, 0.25) is 0 Å². The van der Waals surface area contributed by atoms with Gasteiger partial charge in [0, 0.05) is 30.1 Å². The molecule has 0 amide bonds. The maximum Gasteiger partial charge on any atom is 0.144 e. The lowest BCUT2D eigenvalue weighted by Gasteiger charge is -2.24. The minimum Gasteiger partial charge on any atom is -0.299 e. The van der Waals surface area contributed by atoms with E-state index in [0.29, 0.717) is 23.7 Å². The molecule has 7 aromatic rings. The lowest BCUT2D eigenvalue weighted by Crippen LogP contribution is -2.15. The van der Waals surface area contributed by atoms with Gasteiger partial charge in [0.25, 0.3) is 0 Å². The number of rotatable bonds is 15. The number of allylic oxidation sites excluding steroid dienone is 1. The van der Waals surface area contributed by atoms with E-state index in [4.69, 9.17) is 9.98 Å². The Morgan fingerprint density at radius 1 is 0.441 bits per heavy atom. The van der Waals surface area contributed by atoms with Crippen LogP contribution in [0.3, 0.4) is 0 Å². The van der Waals surface area contributed by atoms with Crippen LogP contribution in [-0.2, 0) is 25.7 Å². The third-order valence-electron chi connectivity index (χ3n) is 12.8. The Kier molecular flexibility index (Phi) is 20.2. The molecule has 0 saturated heterocycles. The van der Waals surface area contributed by atoms with Gasteiger partial charge in [-0.15, -0.1) is 0 Å². The number of aliphatic imine (C=N–C) groups is 1. The monoisotopic (exact) mass is 904 g/mol. The van der Waals surface area contributed by atoms with Gasteiger partial charge in [0.05, 0.1) is 11.4 Å². The first kappa shape index (κ1) is 52.9. The molecule has 1 atom stereocenters. The first-order valence-electron chi connectivity index (χ1n) is 26.0. The van der Waals surface area contributed by atoms with Gasteiger partial charge in [-0.1, -0.05) is 224 Å². The van der Waals surface area contributed by atoms with Crippen LogP contribution in [0.15, 0.2) is 163 Å². The number of benzene rings is 6. The molecule has 1 aromatic heterocycles. The maximum atomic E-state index is 4.93. The second-order valence-electron chi connectivity index (χ2n) is 18.5. The lowest BCUT2D eigenvalue weighted by molar-refractivity contribution is 0.801. The Bertz CT molecular complexity index is 2620. The Hall–Kier alpha value is -6.06. The molecule has 68 heavy (non-hydrogen) atoms. The molecular formula is C65H81N3. The Morgan fingerprint density at radius 2 is 0.912 bits per heavy atom. The highest BCUT2D eigenvalue weighted by Crippen LogP contribution is 2.40. The molecule has 1 aliphatic rings. The fourth-order valence-corrected chi connectivity index (χ4v) is 9.35.